The van der Waals surface area contributed by atoms with E-state index in [9.17, 15) is 0 Å². The minimum Gasteiger partial charge on any atom is -0.383 e. The Bertz CT molecular complexity index is 1080. The van der Waals surface area contributed by atoms with Crippen molar-refractivity contribution in [1.82, 2.24) is 19.7 Å². The zero-order valence-corrected chi connectivity index (χ0v) is 16.0. The summed E-state index contributed by atoms with van der Waals surface area (Å²) >= 11 is 6.11. The molecule has 0 atom stereocenters. The monoisotopic (exact) mass is 394 g/mol. The lowest BCUT2D eigenvalue weighted by Gasteiger charge is -2.11. The van der Waals surface area contributed by atoms with Crippen molar-refractivity contribution in [2.24, 2.45) is 0 Å². The summed E-state index contributed by atoms with van der Waals surface area (Å²) in [6.45, 7) is 1.15. The lowest BCUT2D eigenvalue weighted by atomic mass is 10.3. The van der Waals surface area contributed by atoms with E-state index in [0.717, 1.165) is 16.8 Å². The van der Waals surface area contributed by atoms with E-state index in [4.69, 9.17) is 16.3 Å². The first-order valence-electron chi connectivity index (χ1n) is 8.81. The number of anilines is 3. The van der Waals surface area contributed by atoms with E-state index in [-0.39, 0.29) is 0 Å². The molecule has 7 nitrogen and oxygen atoms in total. The highest BCUT2D eigenvalue weighted by Crippen LogP contribution is 2.27. The normalized spacial score (nSPS) is 10.9. The molecule has 0 saturated carbocycles. The van der Waals surface area contributed by atoms with Gasteiger partial charge in [0.2, 0.25) is 5.95 Å². The van der Waals surface area contributed by atoms with Crippen molar-refractivity contribution in [3.63, 3.8) is 0 Å². The van der Waals surface area contributed by atoms with Crippen molar-refractivity contribution in [1.29, 1.82) is 0 Å². The van der Waals surface area contributed by atoms with Crippen LogP contribution in [0.1, 0.15) is 0 Å². The summed E-state index contributed by atoms with van der Waals surface area (Å²) < 4.78 is 6.90. The molecule has 0 aliphatic heterocycles. The zero-order valence-electron chi connectivity index (χ0n) is 15.3. The molecule has 4 rings (SSSR count). The second-order valence-corrected chi connectivity index (χ2v) is 6.52. The number of aromatic nitrogens is 4. The highest BCUT2D eigenvalue weighted by molar-refractivity contribution is 6.30. The molecule has 0 fully saturated rings. The Morgan fingerprint density at radius 3 is 2.71 bits per heavy atom. The van der Waals surface area contributed by atoms with E-state index in [1.807, 2.05) is 54.6 Å². The van der Waals surface area contributed by atoms with Gasteiger partial charge in [-0.3, -0.25) is 0 Å². The minimum atomic E-state index is 0.492. The van der Waals surface area contributed by atoms with Crippen LogP contribution in [0.5, 0.6) is 0 Å². The van der Waals surface area contributed by atoms with E-state index < -0.39 is 0 Å². The molecule has 2 aromatic carbocycles. The standard InChI is InChI=1S/C20H19ClN6O/c1-28-11-10-22-20-25-18(24-15-7-5-6-14(21)12-15)17-13-23-27(19(17)26-20)16-8-3-2-4-9-16/h2-9,12-13H,10-11H2,1H3,(H2,22,24,25,26). The number of rotatable bonds is 7. The minimum absolute atomic E-state index is 0.492. The third-order valence-electron chi connectivity index (χ3n) is 4.11. The molecule has 0 saturated heterocycles. The molecule has 0 amide bonds. The molecule has 0 bridgehead atoms. The SMILES string of the molecule is COCCNc1nc(Nc2cccc(Cl)c2)c2cnn(-c3ccccc3)c2n1. The number of fused-ring (bicyclic) bond motifs is 1. The van der Waals surface area contributed by atoms with Crippen LogP contribution in [0, 0.1) is 0 Å². The summed E-state index contributed by atoms with van der Waals surface area (Å²) in [4.78, 5) is 9.28. The molecular weight excluding hydrogens is 376 g/mol. The van der Waals surface area contributed by atoms with Crippen molar-refractivity contribution in [2.75, 3.05) is 30.9 Å². The molecule has 0 spiro atoms. The fourth-order valence-electron chi connectivity index (χ4n) is 2.81. The predicted molar refractivity (Wildman–Crippen MR) is 112 cm³/mol. The van der Waals surface area contributed by atoms with Gasteiger partial charge in [0.05, 0.1) is 23.9 Å². The van der Waals surface area contributed by atoms with Gasteiger partial charge in [-0.15, -0.1) is 0 Å². The summed E-state index contributed by atoms with van der Waals surface area (Å²) in [6.07, 6.45) is 1.76. The quantitative estimate of drug-likeness (QED) is 0.456. The Morgan fingerprint density at radius 2 is 1.93 bits per heavy atom. The van der Waals surface area contributed by atoms with Crippen LogP contribution in [-0.2, 0) is 4.74 Å². The smallest absolute Gasteiger partial charge is 0.226 e. The Morgan fingerprint density at radius 1 is 1.07 bits per heavy atom. The molecule has 0 unspecified atom stereocenters. The molecule has 2 aromatic heterocycles. The van der Waals surface area contributed by atoms with Crippen molar-refractivity contribution in [2.45, 2.75) is 0 Å². The molecule has 0 aliphatic rings. The first-order chi connectivity index (χ1) is 13.7. The summed E-state index contributed by atoms with van der Waals surface area (Å²) in [6, 6.07) is 17.3. The van der Waals surface area contributed by atoms with Gasteiger partial charge in [-0.1, -0.05) is 35.9 Å². The van der Waals surface area contributed by atoms with Gasteiger partial charge in [-0.25, -0.2) is 4.68 Å². The van der Waals surface area contributed by atoms with E-state index in [0.29, 0.717) is 35.6 Å². The highest BCUT2D eigenvalue weighted by atomic mass is 35.5. The summed E-state index contributed by atoms with van der Waals surface area (Å²) in [5.41, 5.74) is 2.46. The van der Waals surface area contributed by atoms with Gasteiger partial charge in [0, 0.05) is 24.4 Å². The Kier molecular flexibility index (Phi) is 5.36. The summed E-state index contributed by atoms with van der Waals surface area (Å²) in [5.74, 6) is 1.14. The average Bonchev–Trinajstić information content (AvgIpc) is 3.13. The van der Waals surface area contributed by atoms with Crippen LogP contribution in [0.3, 0.4) is 0 Å². The predicted octanol–water partition coefficient (Wildman–Crippen LogP) is 4.27. The van der Waals surface area contributed by atoms with E-state index in [2.05, 4.69) is 25.7 Å². The number of nitrogens with zero attached hydrogens (tertiary/aromatic N) is 4. The van der Waals surface area contributed by atoms with E-state index >= 15 is 0 Å². The number of para-hydroxylation sites is 1. The molecular formula is C20H19ClN6O. The van der Waals surface area contributed by atoms with Gasteiger partial charge in [0.25, 0.3) is 0 Å². The topological polar surface area (TPSA) is 76.9 Å². The fraction of sp³-hybridized carbons (Fsp3) is 0.150. The molecule has 8 heteroatoms. The van der Waals surface area contributed by atoms with Gasteiger partial charge in [0.15, 0.2) is 5.65 Å². The maximum absolute atomic E-state index is 6.11. The second kappa shape index (κ2) is 8.24. The van der Waals surface area contributed by atoms with Gasteiger partial charge in [-0.2, -0.15) is 15.1 Å². The van der Waals surface area contributed by atoms with Crippen LogP contribution < -0.4 is 10.6 Å². The second-order valence-electron chi connectivity index (χ2n) is 6.08. The largest absolute Gasteiger partial charge is 0.383 e. The van der Waals surface area contributed by atoms with Gasteiger partial charge in [-0.05, 0) is 30.3 Å². The van der Waals surface area contributed by atoms with Crippen molar-refractivity contribution >= 4 is 40.1 Å². The molecule has 142 valence electrons. The van der Waals surface area contributed by atoms with Gasteiger partial charge >= 0.3 is 0 Å². The van der Waals surface area contributed by atoms with Crippen LogP contribution in [0.25, 0.3) is 16.7 Å². The Hall–Kier alpha value is -3.16. The maximum Gasteiger partial charge on any atom is 0.226 e. The van der Waals surface area contributed by atoms with Crippen molar-refractivity contribution < 1.29 is 4.74 Å². The first-order valence-corrected chi connectivity index (χ1v) is 9.19. The number of hydrogen-bond donors (Lipinski definition) is 2. The molecule has 4 aromatic rings. The lowest BCUT2D eigenvalue weighted by molar-refractivity contribution is 0.210. The van der Waals surface area contributed by atoms with Crippen molar-refractivity contribution in [3.05, 3.63) is 65.8 Å². The molecule has 0 aliphatic carbocycles. The van der Waals surface area contributed by atoms with E-state index in [1.54, 1.807) is 18.0 Å². The number of hydrogen-bond acceptors (Lipinski definition) is 6. The maximum atomic E-state index is 6.11. The van der Waals surface area contributed by atoms with E-state index in [1.165, 1.54) is 0 Å². The molecule has 0 radical (unpaired) electrons. The van der Waals surface area contributed by atoms with Crippen LogP contribution >= 0.6 is 11.6 Å². The molecule has 28 heavy (non-hydrogen) atoms. The first kappa shape index (κ1) is 18.2. The number of methoxy groups -OCH3 is 1. The molecule has 2 heterocycles. The highest BCUT2D eigenvalue weighted by Gasteiger charge is 2.14. The van der Waals surface area contributed by atoms with Gasteiger partial charge in [0.1, 0.15) is 5.82 Å². The number of halogens is 1. The lowest BCUT2D eigenvalue weighted by Crippen LogP contribution is -2.11. The fourth-order valence-corrected chi connectivity index (χ4v) is 3.00. The number of ether oxygens (including phenoxy) is 1. The van der Waals surface area contributed by atoms with Crippen LogP contribution in [0.2, 0.25) is 5.02 Å². The van der Waals surface area contributed by atoms with Crippen molar-refractivity contribution in [3.8, 4) is 5.69 Å². The third kappa shape index (κ3) is 3.90. The van der Waals surface area contributed by atoms with Crippen LogP contribution in [-0.4, -0.2) is 40.0 Å². The zero-order chi connectivity index (χ0) is 19.3. The van der Waals surface area contributed by atoms with Gasteiger partial charge < -0.3 is 15.4 Å². The third-order valence-corrected chi connectivity index (χ3v) is 4.34. The molecule has 2 N–H and O–H groups in total. The van der Waals surface area contributed by atoms with Crippen LogP contribution in [0.4, 0.5) is 17.5 Å². The summed E-state index contributed by atoms with van der Waals surface area (Å²) in [7, 11) is 1.66. The summed E-state index contributed by atoms with van der Waals surface area (Å²) in [5, 5.41) is 12.5. The number of nitrogens with one attached hydrogen (secondary N) is 2. The number of benzene rings is 2. The Balaban J connectivity index is 1.79. The Labute approximate surface area is 167 Å². The van der Waals surface area contributed by atoms with Crippen LogP contribution in [0.15, 0.2) is 60.8 Å². The average molecular weight is 395 g/mol.